The van der Waals surface area contributed by atoms with E-state index in [0.29, 0.717) is 25.2 Å². The molecule has 0 aliphatic heterocycles. The van der Waals surface area contributed by atoms with Crippen molar-refractivity contribution in [3.8, 4) is 5.88 Å². The topological polar surface area (TPSA) is 62.6 Å². The molecule has 0 saturated carbocycles. The second-order valence-electron chi connectivity index (χ2n) is 5.55. The van der Waals surface area contributed by atoms with Gasteiger partial charge in [-0.3, -0.25) is 4.99 Å². The molecule has 0 aliphatic rings. The fourth-order valence-corrected chi connectivity index (χ4v) is 3.01. The van der Waals surface area contributed by atoms with E-state index in [1.807, 2.05) is 24.3 Å². The zero-order valence-electron chi connectivity index (χ0n) is 15.0. The molecule has 2 aromatic heterocycles. The van der Waals surface area contributed by atoms with Crippen molar-refractivity contribution in [1.82, 2.24) is 20.2 Å². The highest BCUT2D eigenvalue weighted by Crippen LogP contribution is 2.32. The Morgan fingerprint density at radius 2 is 2.19 bits per heavy atom. The molecule has 1 N–H and O–H groups in total. The highest BCUT2D eigenvalue weighted by atomic mass is 35.5. The van der Waals surface area contributed by atoms with Crippen molar-refractivity contribution < 1.29 is 17.9 Å². The van der Waals surface area contributed by atoms with Crippen LogP contribution in [0, 0.1) is 6.92 Å². The van der Waals surface area contributed by atoms with Crippen LogP contribution in [0.15, 0.2) is 22.6 Å². The number of nitrogens with zero attached hydrogens (tertiary/aromatic N) is 4. The van der Waals surface area contributed by atoms with Crippen molar-refractivity contribution in [2.45, 2.75) is 19.6 Å². The van der Waals surface area contributed by atoms with Crippen molar-refractivity contribution in [1.29, 1.82) is 0 Å². The Morgan fingerprint density at radius 1 is 1.44 bits per heavy atom. The van der Waals surface area contributed by atoms with Crippen molar-refractivity contribution in [2.75, 3.05) is 27.2 Å². The van der Waals surface area contributed by atoms with Crippen molar-refractivity contribution in [3.63, 3.8) is 0 Å². The Hall–Kier alpha value is -2.07. The molecule has 2 rings (SSSR count). The first-order valence-electron chi connectivity index (χ1n) is 7.89. The second-order valence-corrected chi connectivity index (χ2v) is 7.01. The van der Waals surface area contributed by atoms with Crippen LogP contribution in [0.2, 0.25) is 5.02 Å². The number of ether oxygens (including phenoxy) is 1. The number of aliphatic imine (C=N–C) groups is 1. The molecule has 6 nitrogen and oxygen atoms in total. The van der Waals surface area contributed by atoms with Gasteiger partial charge in [0.15, 0.2) is 5.96 Å². The lowest BCUT2D eigenvalue weighted by molar-refractivity contribution is -0.137. The third kappa shape index (κ3) is 6.24. The molecule has 0 amide bonds. The molecule has 0 saturated heterocycles. The number of thiazole rings is 1. The van der Waals surface area contributed by atoms with Crippen LogP contribution in [0.3, 0.4) is 0 Å². The zero-order chi connectivity index (χ0) is 20.0. The summed E-state index contributed by atoms with van der Waals surface area (Å²) in [6, 6.07) is 0.792. The van der Waals surface area contributed by atoms with Crippen molar-refractivity contribution >= 4 is 28.9 Å². The Balaban J connectivity index is 1.82. The molecule has 148 valence electrons. The summed E-state index contributed by atoms with van der Waals surface area (Å²) in [6.45, 7) is 3.06. The summed E-state index contributed by atoms with van der Waals surface area (Å²) in [4.78, 5) is 14.1. The van der Waals surface area contributed by atoms with Crippen LogP contribution in [-0.2, 0) is 12.7 Å². The van der Waals surface area contributed by atoms with Crippen LogP contribution < -0.4 is 10.1 Å². The molecule has 0 fully saturated rings. The molecule has 0 atom stereocenters. The van der Waals surface area contributed by atoms with Gasteiger partial charge >= 0.3 is 6.18 Å². The van der Waals surface area contributed by atoms with Crippen LogP contribution in [0.1, 0.15) is 16.3 Å². The van der Waals surface area contributed by atoms with E-state index in [1.165, 1.54) is 0 Å². The molecular weight excluding hydrogens is 403 g/mol. The predicted molar refractivity (Wildman–Crippen MR) is 99.4 cm³/mol. The Bertz CT molecular complexity index is 797. The van der Waals surface area contributed by atoms with E-state index in [2.05, 4.69) is 20.3 Å². The van der Waals surface area contributed by atoms with Crippen molar-refractivity contribution in [2.24, 2.45) is 4.99 Å². The molecule has 27 heavy (non-hydrogen) atoms. The van der Waals surface area contributed by atoms with Gasteiger partial charge in [-0.15, -0.1) is 11.3 Å². The summed E-state index contributed by atoms with van der Waals surface area (Å²) < 4.78 is 43.1. The average Bonchev–Trinajstić information content (AvgIpc) is 2.99. The molecule has 0 spiro atoms. The maximum atomic E-state index is 12.6. The van der Waals surface area contributed by atoms with E-state index in [-0.39, 0.29) is 17.5 Å². The summed E-state index contributed by atoms with van der Waals surface area (Å²) in [5.74, 6) is 0.587. The molecule has 0 unspecified atom stereocenters. The third-order valence-electron chi connectivity index (χ3n) is 3.40. The van der Waals surface area contributed by atoms with E-state index >= 15 is 0 Å². The van der Waals surface area contributed by atoms with Crippen LogP contribution in [-0.4, -0.2) is 48.1 Å². The number of nitrogens with one attached hydrogen (secondary N) is 1. The standard InChI is InChI=1S/C16H19ClF3N5OS/c1-10-24-12(9-27-10)8-25(3)15(21-2)22-4-5-26-14-13(17)6-11(7-23-14)16(18,19)20/h6-7,9H,4-5,8H2,1-3H3,(H,21,22). The molecule has 11 heteroatoms. The number of aryl methyl sites for hydroxylation is 1. The van der Waals surface area contributed by atoms with E-state index in [1.54, 1.807) is 18.4 Å². The summed E-state index contributed by atoms with van der Waals surface area (Å²) in [5.41, 5.74) is 0.0252. The quantitative estimate of drug-likeness (QED) is 0.438. The number of hydrogen-bond donors (Lipinski definition) is 1. The minimum atomic E-state index is -4.50. The van der Waals surface area contributed by atoms with Crippen LogP contribution in [0.4, 0.5) is 13.2 Å². The van der Waals surface area contributed by atoms with Crippen molar-refractivity contribution in [3.05, 3.63) is 38.9 Å². The smallest absolute Gasteiger partial charge is 0.417 e. The molecule has 0 aliphatic carbocycles. The minimum absolute atomic E-state index is 0.0484. The summed E-state index contributed by atoms with van der Waals surface area (Å²) in [5, 5.41) is 5.89. The average molecular weight is 422 g/mol. The second kappa shape index (κ2) is 9.23. The SMILES string of the molecule is CN=C(NCCOc1ncc(C(F)(F)F)cc1Cl)N(C)Cc1csc(C)n1. The third-order valence-corrected chi connectivity index (χ3v) is 4.49. The number of alkyl halides is 3. The number of guanidine groups is 1. The highest BCUT2D eigenvalue weighted by molar-refractivity contribution is 7.09. The lowest BCUT2D eigenvalue weighted by Gasteiger charge is -2.21. The van der Waals surface area contributed by atoms with Crippen LogP contribution in [0.25, 0.3) is 0 Å². The zero-order valence-corrected chi connectivity index (χ0v) is 16.5. The largest absolute Gasteiger partial charge is 0.475 e. The van der Waals surface area contributed by atoms with Gasteiger partial charge in [0.05, 0.1) is 29.4 Å². The van der Waals surface area contributed by atoms with Gasteiger partial charge in [-0.2, -0.15) is 13.2 Å². The fourth-order valence-electron chi connectivity index (χ4n) is 2.18. The van der Waals surface area contributed by atoms with Gasteiger partial charge in [0.2, 0.25) is 5.88 Å². The molecule has 0 radical (unpaired) electrons. The number of rotatable bonds is 6. The highest BCUT2D eigenvalue weighted by Gasteiger charge is 2.31. The summed E-state index contributed by atoms with van der Waals surface area (Å²) in [6.07, 6.45) is -3.80. The number of hydrogen-bond acceptors (Lipinski definition) is 5. The molecule has 0 bridgehead atoms. The summed E-state index contributed by atoms with van der Waals surface area (Å²) in [7, 11) is 3.53. The first-order chi connectivity index (χ1) is 12.7. The Labute approximate surface area is 164 Å². The van der Waals surface area contributed by atoms with Gasteiger partial charge in [-0.25, -0.2) is 9.97 Å². The fraction of sp³-hybridized carbons (Fsp3) is 0.438. The first kappa shape index (κ1) is 21.2. The lowest BCUT2D eigenvalue weighted by Crippen LogP contribution is -2.40. The van der Waals surface area contributed by atoms with Crippen LogP contribution >= 0.6 is 22.9 Å². The van der Waals surface area contributed by atoms with E-state index in [9.17, 15) is 13.2 Å². The van der Waals surface area contributed by atoms with E-state index in [0.717, 1.165) is 16.8 Å². The monoisotopic (exact) mass is 421 g/mol. The van der Waals surface area contributed by atoms with Gasteiger partial charge in [0.1, 0.15) is 11.6 Å². The Kier molecular flexibility index (Phi) is 7.25. The molecule has 2 aromatic rings. The predicted octanol–water partition coefficient (Wildman–Crippen LogP) is 3.60. The molecular formula is C16H19ClF3N5OS. The van der Waals surface area contributed by atoms with Crippen LogP contribution in [0.5, 0.6) is 5.88 Å². The minimum Gasteiger partial charge on any atom is -0.475 e. The molecule has 2 heterocycles. The first-order valence-corrected chi connectivity index (χ1v) is 9.14. The van der Waals surface area contributed by atoms with Gasteiger partial charge < -0.3 is 15.0 Å². The number of halogens is 4. The lowest BCUT2D eigenvalue weighted by atomic mass is 10.3. The van der Waals surface area contributed by atoms with E-state index < -0.39 is 11.7 Å². The van der Waals surface area contributed by atoms with Gasteiger partial charge in [0, 0.05) is 25.7 Å². The maximum Gasteiger partial charge on any atom is 0.417 e. The molecule has 0 aromatic carbocycles. The van der Waals surface area contributed by atoms with Gasteiger partial charge in [-0.05, 0) is 13.0 Å². The number of aromatic nitrogens is 2. The van der Waals surface area contributed by atoms with Gasteiger partial charge in [-0.1, -0.05) is 11.6 Å². The number of pyridine rings is 1. The van der Waals surface area contributed by atoms with Gasteiger partial charge in [0.25, 0.3) is 0 Å². The summed E-state index contributed by atoms with van der Waals surface area (Å²) >= 11 is 7.38. The van der Waals surface area contributed by atoms with E-state index in [4.69, 9.17) is 16.3 Å². The maximum absolute atomic E-state index is 12.6. The Morgan fingerprint density at radius 3 is 2.74 bits per heavy atom. The normalized spacial score (nSPS) is 12.2.